The minimum atomic E-state index is -0.410. The van der Waals surface area contributed by atoms with Gasteiger partial charge in [-0.2, -0.15) is 0 Å². The van der Waals surface area contributed by atoms with E-state index in [4.69, 9.17) is 4.52 Å². The van der Waals surface area contributed by atoms with Crippen LogP contribution in [0.3, 0.4) is 0 Å². The summed E-state index contributed by atoms with van der Waals surface area (Å²) in [5.74, 6) is 0. The van der Waals surface area contributed by atoms with Gasteiger partial charge >= 0.3 is 11.7 Å². The third kappa shape index (κ3) is 3.30. The molecule has 1 aromatic carbocycles. The summed E-state index contributed by atoms with van der Waals surface area (Å²) in [5.41, 5.74) is 1.91. The van der Waals surface area contributed by atoms with E-state index in [9.17, 15) is 9.59 Å². The second kappa shape index (κ2) is 7.11. The average Bonchev–Trinajstić information content (AvgIpc) is 2.83. The first-order chi connectivity index (χ1) is 10.6. The van der Waals surface area contributed by atoms with Crippen LogP contribution >= 0.6 is 0 Å². The first-order valence-corrected chi connectivity index (χ1v) is 7.61. The van der Waals surface area contributed by atoms with E-state index in [1.54, 1.807) is 11.9 Å². The fourth-order valence-corrected chi connectivity index (χ4v) is 2.51. The zero-order valence-corrected chi connectivity index (χ0v) is 13.3. The van der Waals surface area contributed by atoms with Crippen molar-refractivity contribution in [3.05, 3.63) is 57.6 Å². The van der Waals surface area contributed by atoms with Crippen molar-refractivity contribution in [3.63, 3.8) is 0 Å². The highest BCUT2D eigenvalue weighted by Crippen LogP contribution is 2.12. The number of hydrogen-bond donors (Lipinski definition) is 0. The Labute approximate surface area is 130 Å². The molecule has 1 amide bonds. The molecule has 118 valence electrons. The summed E-state index contributed by atoms with van der Waals surface area (Å²) in [5, 5.41) is 0. The molecule has 0 radical (unpaired) electrons. The highest BCUT2D eigenvalue weighted by molar-refractivity contribution is 5.76. The molecule has 0 aliphatic rings. The Morgan fingerprint density at radius 2 is 1.91 bits per heavy atom. The molecule has 0 aliphatic carbocycles. The molecular weight excluding hydrogens is 280 g/mol. The lowest BCUT2D eigenvalue weighted by atomic mass is 10.1. The largest absolute Gasteiger partial charge is 0.361 e. The van der Waals surface area contributed by atoms with Gasteiger partial charge in [0.25, 0.3) is 0 Å². The molecule has 0 N–H and O–H groups in total. The average molecular weight is 302 g/mol. The van der Waals surface area contributed by atoms with Gasteiger partial charge in [0.05, 0.1) is 11.3 Å². The van der Waals surface area contributed by atoms with E-state index in [1.807, 2.05) is 44.2 Å². The van der Waals surface area contributed by atoms with Gasteiger partial charge in [0.2, 0.25) is 0 Å². The van der Waals surface area contributed by atoms with Crippen molar-refractivity contribution in [2.75, 3.05) is 7.05 Å². The van der Waals surface area contributed by atoms with Gasteiger partial charge in [0.1, 0.15) is 0 Å². The number of amides is 1. The maximum atomic E-state index is 12.6. The Morgan fingerprint density at radius 3 is 2.50 bits per heavy atom. The van der Waals surface area contributed by atoms with E-state index in [-0.39, 0.29) is 6.03 Å². The maximum absolute atomic E-state index is 12.6. The summed E-state index contributed by atoms with van der Waals surface area (Å²) in [7, 11) is 1.71. The molecular formula is C17H22N2O3. The lowest BCUT2D eigenvalue weighted by molar-refractivity contribution is 0.171. The van der Waals surface area contributed by atoms with Crippen LogP contribution in [-0.2, 0) is 19.4 Å². The predicted molar refractivity (Wildman–Crippen MR) is 85.0 cm³/mol. The summed E-state index contributed by atoms with van der Waals surface area (Å²) in [4.78, 5) is 26.0. The Hall–Kier alpha value is -2.30. The second-order valence-electron chi connectivity index (χ2n) is 5.33. The van der Waals surface area contributed by atoms with E-state index < -0.39 is 5.63 Å². The first-order valence-electron chi connectivity index (χ1n) is 7.61. The summed E-state index contributed by atoms with van der Waals surface area (Å²) in [6.07, 6.45) is 2.07. The van der Waals surface area contributed by atoms with E-state index in [0.717, 1.165) is 16.7 Å². The lowest BCUT2D eigenvalue weighted by Gasteiger charge is -2.17. The maximum Gasteiger partial charge on any atom is 0.361 e. The number of carbonyl (C=O) groups is 1. The van der Waals surface area contributed by atoms with Crippen molar-refractivity contribution in [3.8, 4) is 0 Å². The molecule has 0 saturated heterocycles. The molecule has 0 aliphatic heterocycles. The smallest absolute Gasteiger partial charge is 0.327 e. The highest BCUT2D eigenvalue weighted by Gasteiger charge is 2.22. The molecule has 5 heteroatoms. The Kier molecular flexibility index (Phi) is 5.20. The van der Waals surface area contributed by atoms with Crippen molar-refractivity contribution in [1.82, 2.24) is 9.64 Å². The minimum Gasteiger partial charge on any atom is -0.327 e. The zero-order valence-electron chi connectivity index (χ0n) is 13.3. The molecule has 22 heavy (non-hydrogen) atoms. The van der Waals surface area contributed by atoms with Gasteiger partial charge in [-0.3, -0.25) is 0 Å². The molecule has 5 nitrogen and oxygen atoms in total. The van der Waals surface area contributed by atoms with E-state index >= 15 is 0 Å². The molecule has 0 bridgehead atoms. The van der Waals surface area contributed by atoms with Crippen LogP contribution in [0.1, 0.15) is 37.1 Å². The van der Waals surface area contributed by atoms with Crippen molar-refractivity contribution in [1.29, 1.82) is 0 Å². The lowest BCUT2D eigenvalue weighted by Crippen LogP contribution is -2.31. The molecule has 0 unspecified atom stereocenters. The topological polar surface area (TPSA) is 55.5 Å². The molecule has 0 fully saturated rings. The van der Waals surface area contributed by atoms with E-state index in [1.165, 1.54) is 0 Å². The highest BCUT2D eigenvalue weighted by atomic mass is 16.5. The summed E-state index contributed by atoms with van der Waals surface area (Å²) < 4.78 is 6.34. The fraction of sp³-hybridized carbons (Fsp3) is 0.412. The van der Waals surface area contributed by atoms with Crippen molar-refractivity contribution >= 4 is 6.03 Å². The van der Waals surface area contributed by atoms with Crippen LogP contribution in [0, 0.1) is 0 Å². The van der Waals surface area contributed by atoms with Crippen LogP contribution in [0.5, 0.6) is 0 Å². The predicted octanol–water partition coefficient (Wildman–Crippen LogP) is 3.06. The molecule has 2 aromatic rings. The summed E-state index contributed by atoms with van der Waals surface area (Å²) >= 11 is 0. The second-order valence-corrected chi connectivity index (χ2v) is 5.33. The van der Waals surface area contributed by atoms with Gasteiger partial charge in [-0.05, 0) is 18.4 Å². The van der Waals surface area contributed by atoms with Crippen LogP contribution in [0.15, 0.2) is 39.6 Å². The quantitative estimate of drug-likeness (QED) is 0.853. The SMILES string of the molecule is CCCc1c(CC)c(=O)on1C(=O)N(C)Cc1ccccc1. The molecule has 2 rings (SSSR count). The zero-order chi connectivity index (χ0) is 16.1. The van der Waals surface area contributed by atoms with Gasteiger partial charge in [0.15, 0.2) is 0 Å². The van der Waals surface area contributed by atoms with E-state index in [2.05, 4.69) is 0 Å². The molecule has 1 heterocycles. The van der Waals surface area contributed by atoms with E-state index in [0.29, 0.717) is 30.6 Å². The standard InChI is InChI=1S/C17H22N2O3/c1-4-9-15-14(5-2)16(20)22-19(15)17(21)18(3)12-13-10-7-6-8-11-13/h6-8,10-11H,4-5,9,12H2,1-3H3. The Morgan fingerprint density at radius 1 is 1.23 bits per heavy atom. The number of aromatic nitrogens is 1. The summed E-state index contributed by atoms with van der Waals surface area (Å²) in [6.45, 7) is 4.38. The van der Waals surface area contributed by atoms with Crippen LogP contribution in [0.2, 0.25) is 0 Å². The number of rotatable bonds is 5. The molecule has 0 atom stereocenters. The Bertz CT molecular complexity index is 686. The van der Waals surface area contributed by atoms with Gasteiger partial charge in [-0.15, -0.1) is 4.74 Å². The third-order valence-corrected chi connectivity index (χ3v) is 3.62. The summed E-state index contributed by atoms with van der Waals surface area (Å²) in [6, 6.07) is 9.40. The normalized spacial score (nSPS) is 10.7. The van der Waals surface area contributed by atoms with Crippen molar-refractivity contribution in [2.24, 2.45) is 0 Å². The number of nitrogens with zero attached hydrogens (tertiary/aromatic N) is 2. The first kappa shape index (κ1) is 16.1. The number of carbonyl (C=O) groups excluding carboxylic acids is 1. The van der Waals surface area contributed by atoms with Gasteiger partial charge < -0.3 is 9.42 Å². The Balaban J connectivity index is 2.27. The molecule has 1 aromatic heterocycles. The minimum absolute atomic E-state index is 0.316. The van der Waals surface area contributed by atoms with Crippen LogP contribution in [0.4, 0.5) is 4.79 Å². The van der Waals surface area contributed by atoms with Gasteiger partial charge in [0, 0.05) is 13.6 Å². The third-order valence-electron chi connectivity index (χ3n) is 3.62. The number of benzene rings is 1. The molecule has 0 spiro atoms. The fourth-order valence-electron chi connectivity index (χ4n) is 2.51. The van der Waals surface area contributed by atoms with Crippen LogP contribution in [-0.4, -0.2) is 22.7 Å². The number of hydrogen-bond acceptors (Lipinski definition) is 3. The molecule has 0 saturated carbocycles. The monoisotopic (exact) mass is 302 g/mol. The van der Waals surface area contributed by atoms with Crippen LogP contribution < -0.4 is 5.63 Å². The van der Waals surface area contributed by atoms with Crippen molar-refractivity contribution < 1.29 is 9.32 Å². The van der Waals surface area contributed by atoms with Crippen LogP contribution in [0.25, 0.3) is 0 Å². The van der Waals surface area contributed by atoms with Crippen molar-refractivity contribution in [2.45, 2.75) is 39.7 Å². The van der Waals surface area contributed by atoms with Gasteiger partial charge in [-0.25, -0.2) is 9.59 Å². The van der Waals surface area contributed by atoms with Gasteiger partial charge in [-0.1, -0.05) is 50.6 Å².